The van der Waals surface area contributed by atoms with Gasteiger partial charge in [-0.2, -0.15) is 0 Å². The Kier molecular flexibility index (Phi) is 24.9. The van der Waals surface area contributed by atoms with Gasteiger partial charge in [0, 0.05) is 0 Å². The number of benzene rings is 1. The van der Waals surface area contributed by atoms with E-state index in [0.29, 0.717) is 0 Å². The molecule has 0 amide bonds. The molecule has 0 N–H and O–H groups in total. The minimum absolute atomic E-state index is 1.14. The van der Waals surface area contributed by atoms with Crippen LogP contribution in [0.2, 0.25) is 0 Å². The van der Waals surface area contributed by atoms with Gasteiger partial charge >= 0.3 is 0 Å². The van der Waals surface area contributed by atoms with Crippen LogP contribution in [-0.4, -0.2) is 0 Å². The zero-order chi connectivity index (χ0) is 14.1. The second kappa shape index (κ2) is 20.2. The van der Waals surface area contributed by atoms with Gasteiger partial charge in [0.1, 0.15) is 0 Å². The summed E-state index contributed by atoms with van der Waals surface area (Å²) in [5, 5.41) is 0. The Morgan fingerprint density at radius 1 is 0.824 bits per heavy atom. The van der Waals surface area contributed by atoms with Crippen molar-refractivity contribution in [1.29, 1.82) is 0 Å². The lowest BCUT2D eigenvalue weighted by atomic mass is 10.1. The fourth-order valence-corrected chi connectivity index (χ4v) is 0.883. The summed E-state index contributed by atoms with van der Waals surface area (Å²) in [6, 6.07) is 8.02. The van der Waals surface area contributed by atoms with Gasteiger partial charge in [-0.05, 0) is 11.1 Å². The van der Waals surface area contributed by atoms with Crippen molar-refractivity contribution in [3.63, 3.8) is 0 Å². The number of rotatable bonds is 2. The van der Waals surface area contributed by atoms with Crippen LogP contribution in [0.25, 0.3) is 12.2 Å². The number of hydrogen-bond acceptors (Lipinski definition) is 0. The first-order chi connectivity index (χ1) is 8.29. The normalized spacial score (nSPS) is 6.94. The highest BCUT2D eigenvalue weighted by molar-refractivity contribution is 5.63. The van der Waals surface area contributed by atoms with Gasteiger partial charge in [-0.25, -0.2) is 0 Å². The maximum absolute atomic E-state index is 3.69. The average molecular weight is 234 g/mol. The third-order valence-electron chi connectivity index (χ3n) is 1.44. The molecule has 0 spiro atoms. The monoisotopic (exact) mass is 234 g/mol. The van der Waals surface area contributed by atoms with Crippen LogP contribution in [0.4, 0.5) is 0 Å². The van der Waals surface area contributed by atoms with E-state index in [2.05, 4.69) is 27.0 Å². The predicted molar refractivity (Wildman–Crippen MR) is 85.3 cm³/mol. The van der Waals surface area contributed by atoms with Gasteiger partial charge in [0.25, 0.3) is 0 Å². The molecule has 0 heteroatoms. The van der Waals surface area contributed by atoms with Crippen molar-refractivity contribution in [1.82, 2.24) is 0 Å². The highest BCUT2D eigenvalue weighted by atomic mass is 13.9. The van der Waals surface area contributed by atoms with Crippen LogP contribution < -0.4 is 0 Å². The number of hydrogen-bond donors (Lipinski definition) is 0. The van der Waals surface area contributed by atoms with Crippen LogP contribution in [0.3, 0.4) is 0 Å². The molecule has 1 rings (SSSR count). The van der Waals surface area contributed by atoms with E-state index in [4.69, 9.17) is 0 Å². The lowest BCUT2D eigenvalue weighted by molar-refractivity contribution is 1.09. The summed E-state index contributed by atoms with van der Waals surface area (Å²) >= 11 is 0. The second-order valence-corrected chi connectivity index (χ2v) is 2.74. The first-order valence-electron chi connectivity index (χ1n) is 6.64. The zero-order valence-electron chi connectivity index (χ0n) is 12.6. The summed E-state index contributed by atoms with van der Waals surface area (Å²) in [6.07, 6.45) is 4.91. The zero-order valence-corrected chi connectivity index (χ0v) is 12.6. The van der Waals surface area contributed by atoms with Gasteiger partial charge in [0.2, 0.25) is 0 Å². The molecule has 0 unspecified atom stereocenters. The summed E-state index contributed by atoms with van der Waals surface area (Å²) in [5.74, 6) is 0. The van der Waals surface area contributed by atoms with E-state index >= 15 is 0 Å². The molecule has 0 aliphatic rings. The fraction of sp³-hybridized carbons (Fsp3) is 0.412. The van der Waals surface area contributed by atoms with Gasteiger partial charge in [0.15, 0.2) is 0 Å². The van der Waals surface area contributed by atoms with Gasteiger partial charge in [-0.1, -0.05) is 97.5 Å². The summed E-state index contributed by atoms with van der Waals surface area (Å²) in [4.78, 5) is 0. The topological polar surface area (TPSA) is 0 Å². The SMILES string of the molecule is C=Cc1ccccc1C=C.CC.CC.CCC. The molecule has 1 aromatic rings. The van der Waals surface area contributed by atoms with E-state index in [0.717, 1.165) is 11.1 Å². The van der Waals surface area contributed by atoms with E-state index in [1.54, 1.807) is 0 Å². The molecule has 0 saturated carbocycles. The minimum atomic E-state index is 1.14. The van der Waals surface area contributed by atoms with E-state index in [-0.39, 0.29) is 0 Å². The van der Waals surface area contributed by atoms with Crippen LogP contribution >= 0.6 is 0 Å². The first-order valence-corrected chi connectivity index (χ1v) is 6.64. The van der Waals surface area contributed by atoms with Crippen molar-refractivity contribution in [2.24, 2.45) is 0 Å². The van der Waals surface area contributed by atoms with Crippen LogP contribution in [-0.2, 0) is 0 Å². The minimum Gasteiger partial charge on any atom is -0.0984 e. The van der Waals surface area contributed by atoms with Crippen molar-refractivity contribution in [3.05, 3.63) is 48.6 Å². The van der Waals surface area contributed by atoms with Crippen LogP contribution in [0.15, 0.2) is 37.4 Å². The molecule has 0 saturated heterocycles. The van der Waals surface area contributed by atoms with E-state index in [9.17, 15) is 0 Å². The Labute approximate surface area is 109 Å². The van der Waals surface area contributed by atoms with E-state index in [1.165, 1.54) is 6.42 Å². The average Bonchev–Trinajstić information content (AvgIpc) is 2.44. The van der Waals surface area contributed by atoms with Gasteiger partial charge in [0.05, 0.1) is 0 Å². The van der Waals surface area contributed by atoms with Gasteiger partial charge in [-0.15, -0.1) is 0 Å². The molecule has 1 aromatic carbocycles. The van der Waals surface area contributed by atoms with Crippen molar-refractivity contribution < 1.29 is 0 Å². The Bertz CT molecular complexity index is 231. The third kappa shape index (κ3) is 12.6. The summed E-state index contributed by atoms with van der Waals surface area (Å²) in [6.45, 7) is 19.6. The second-order valence-electron chi connectivity index (χ2n) is 2.74. The van der Waals surface area contributed by atoms with Crippen molar-refractivity contribution >= 4 is 12.2 Å². The lowest BCUT2D eigenvalue weighted by Gasteiger charge is -1.96. The molecule has 98 valence electrons. The van der Waals surface area contributed by atoms with E-state index in [1.807, 2.05) is 64.1 Å². The molecule has 0 aliphatic carbocycles. The van der Waals surface area contributed by atoms with Crippen LogP contribution in [0.5, 0.6) is 0 Å². The molecule has 0 aliphatic heterocycles. The van der Waals surface area contributed by atoms with Crippen molar-refractivity contribution in [3.8, 4) is 0 Å². The summed E-state index contributed by atoms with van der Waals surface area (Å²) in [7, 11) is 0. The fourth-order valence-electron chi connectivity index (χ4n) is 0.883. The molecular weight excluding hydrogens is 204 g/mol. The molecule has 0 bridgehead atoms. The Morgan fingerprint density at radius 3 is 1.24 bits per heavy atom. The van der Waals surface area contributed by atoms with E-state index < -0.39 is 0 Å². The maximum Gasteiger partial charge on any atom is -0.0190 e. The largest absolute Gasteiger partial charge is 0.0984 e. The Morgan fingerprint density at radius 2 is 1.06 bits per heavy atom. The molecule has 0 radical (unpaired) electrons. The molecule has 0 heterocycles. The lowest BCUT2D eigenvalue weighted by Crippen LogP contribution is -1.76. The van der Waals surface area contributed by atoms with Gasteiger partial charge in [-0.3, -0.25) is 0 Å². The van der Waals surface area contributed by atoms with Crippen LogP contribution in [0.1, 0.15) is 59.1 Å². The highest BCUT2D eigenvalue weighted by Crippen LogP contribution is 2.10. The molecule has 0 atom stereocenters. The standard InChI is InChI=1S/C10H10.C3H8.2C2H6/c1-3-9-7-5-6-8-10(9)4-2;1-3-2;2*1-2/h3-8H,1-2H2;3H2,1-2H3;2*1-2H3. The smallest absolute Gasteiger partial charge is 0.0190 e. The van der Waals surface area contributed by atoms with Crippen LogP contribution in [0, 0.1) is 0 Å². The Hall–Kier alpha value is -1.30. The Balaban J connectivity index is -0.000000239. The predicted octanol–water partition coefficient (Wildman–Crippen LogP) is 6.44. The molecule has 0 aromatic heterocycles. The highest BCUT2D eigenvalue weighted by Gasteiger charge is 1.89. The van der Waals surface area contributed by atoms with Crippen molar-refractivity contribution in [2.45, 2.75) is 48.0 Å². The maximum atomic E-state index is 3.69. The molecule has 0 nitrogen and oxygen atoms in total. The van der Waals surface area contributed by atoms with Gasteiger partial charge < -0.3 is 0 Å². The third-order valence-corrected chi connectivity index (χ3v) is 1.44. The first kappa shape index (κ1) is 21.0. The molecule has 17 heavy (non-hydrogen) atoms. The van der Waals surface area contributed by atoms with Crippen molar-refractivity contribution in [2.75, 3.05) is 0 Å². The summed E-state index contributed by atoms with van der Waals surface area (Å²) in [5.41, 5.74) is 2.27. The quantitative estimate of drug-likeness (QED) is 0.552. The summed E-state index contributed by atoms with van der Waals surface area (Å²) < 4.78 is 0. The molecule has 0 fully saturated rings. The molecular formula is C17H30.